The number of aromatic nitrogens is 2. The Balaban J connectivity index is 2.06. The highest BCUT2D eigenvalue weighted by Crippen LogP contribution is 2.21. The second kappa shape index (κ2) is 5.96. The molecular weight excluding hydrogens is 282 g/mol. The lowest BCUT2D eigenvalue weighted by atomic mass is 10.0. The van der Waals surface area contributed by atoms with Crippen LogP contribution >= 0.6 is 0 Å². The highest BCUT2D eigenvalue weighted by Gasteiger charge is 2.23. The van der Waals surface area contributed by atoms with Gasteiger partial charge in [0.2, 0.25) is 0 Å². The van der Waals surface area contributed by atoms with Crippen molar-refractivity contribution in [1.82, 2.24) is 14.5 Å². The maximum Gasteiger partial charge on any atom is 0.329 e. The first-order valence-electron chi connectivity index (χ1n) is 7.69. The number of likely N-dealkylation sites (tertiary alicyclic amines) is 1. The van der Waals surface area contributed by atoms with E-state index in [1.807, 2.05) is 0 Å². The summed E-state index contributed by atoms with van der Waals surface area (Å²) in [6.07, 6.45) is 1.65. The molecule has 22 heavy (non-hydrogen) atoms. The first-order chi connectivity index (χ1) is 10.6. The maximum atomic E-state index is 12.7. The van der Waals surface area contributed by atoms with Gasteiger partial charge in [0.05, 0.1) is 18.0 Å². The van der Waals surface area contributed by atoms with E-state index in [1.54, 1.807) is 25.3 Å². The Morgan fingerprint density at radius 2 is 2.00 bits per heavy atom. The number of H-pyrrole nitrogens is 1. The Morgan fingerprint density at radius 1 is 1.27 bits per heavy atom. The van der Waals surface area contributed by atoms with Crippen LogP contribution in [-0.2, 0) is 0 Å². The van der Waals surface area contributed by atoms with E-state index in [4.69, 9.17) is 4.74 Å². The van der Waals surface area contributed by atoms with Crippen molar-refractivity contribution in [2.75, 3.05) is 26.7 Å². The van der Waals surface area contributed by atoms with E-state index in [0.29, 0.717) is 16.7 Å². The van der Waals surface area contributed by atoms with Gasteiger partial charge < -0.3 is 14.6 Å². The van der Waals surface area contributed by atoms with Gasteiger partial charge in [-0.25, -0.2) is 4.79 Å². The van der Waals surface area contributed by atoms with E-state index < -0.39 is 0 Å². The summed E-state index contributed by atoms with van der Waals surface area (Å²) in [4.78, 5) is 30.2. The van der Waals surface area contributed by atoms with Gasteiger partial charge in [0.25, 0.3) is 5.56 Å². The van der Waals surface area contributed by atoms with Crippen molar-refractivity contribution in [2.45, 2.75) is 25.8 Å². The summed E-state index contributed by atoms with van der Waals surface area (Å²) in [6.45, 7) is 4.97. The molecule has 0 atom stereocenters. The first kappa shape index (κ1) is 14.8. The number of benzene rings is 1. The Hall–Kier alpha value is -2.08. The summed E-state index contributed by atoms with van der Waals surface area (Å²) in [6, 6.07) is 5.10. The molecule has 1 fully saturated rings. The van der Waals surface area contributed by atoms with Crippen LogP contribution in [-0.4, -0.2) is 41.2 Å². The van der Waals surface area contributed by atoms with Crippen LogP contribution in [0.2, 0.25) is 0 Å². The van der Waals surface area contributed by atoms with Crippen LogP contribution < -0.4 is 16.0 Å². The summed E-state index contributed by atoms with van der Waals surface area (Å²) in [5.41, 5.74) is 0.00302. The smallest absolute Gasteiger partial charge is 0.329 e. The van der Waals surface area contributed by atoms with Gasteiger partial charge in [0.15, 0.2) is 0 Å². The highest BCUT2D eigenvalue weighted by molar-refractivity contribution is 5.78. The van der Waals surface area contributed by atoms with Crippen molar-refractivity contribution in [2.24, 2.45) is 0 Å². The molecule has 6 nitrogen and oxygen atoms in total. The molecule has 6 heteroatoms. The van der Waals surface area contributed by atoms with Crippen LogP contribution in [0, 0.1) is 0 Å². The minimum atomic E-state index is -0.322. The molecule has 1 aliphatic rings. The van der Waals surface area contributed by atoms with Gasteiger partial charge in [-0.1, -0.05) is 6.92 Å². The molecule has 118 valence electrons. The maximum absolute atomic E-state index is 12.7. The lowest BCUT2D eigenvalue weighted by Crippen LogP contribution is -2.43. The molecule has 0 amide bonds. The van der Waals surface area contributed by atoms with Crippen LogP contribution in [0.4, 0.5) is 0 Å². The zero-order valence-corrected chi connectivity index (χ0v) is 13.0. The van der Waals surface area contributed by atoms with Crippen LogP contribution in [0.1, 0.15) is 25.8 Å². The second-order valence-corrected chi connectivity index (χ2v) is 5.68. The molecule has 0 unspecified atom stereocenters. The van der Waals surface area contributed by atoms with E-state index in [2.05, 4.69) is 16.8 Å². The van der Waals surface area contributed by atoms with E-state index in [1.165, 1.54) is 4.57 Å². The Bertz CT molecular complexity index is 785. The summed E-state index contributed by atoms with van der Waals surface area (Å²) in [5, 5.41) is 0.497. The van der Waals surface area contributed by atoms with Crippen molar-refractivity contribution in [3.8, 4) is 5.75 Å². The van der Waals surface area contributed by atoms with Crippen molar-refractivity contribution in [1.29, 1.82) is 0 Å². The van der Waals surface area contributed by atoms with Crippen LogP contribution in [0.3, 0.4) is 0 Å². The fourth-order valence-corrected chi connectivity index (χ4v) is 3.16. The number of fused-ring (bicyclic) bond motifs is 1. The number of rotatable bonds is 3. The Morgan fingerprint density at radius 3 is 2.64 bits per heavy atom. The van der Waals surface area contributed by atoms with Crippen molar-refractivity contribution >= 4 is 10.9 Å². The van der Waals surface area contributed by atoms with E-state index in [9.17, 15) is 9.59 Å². The number of piperidine rings is 1. The normalized spacial score (nSPS) is 17.0. The minimum absolute atomic E-state index is 0.0327. The van der Waals surface area contributed by atoms with Gasteiger partial charge in [-0.15, -0.1) is 0 Å². The van der Waals surface area contributed by atoms with Crippen LogP contribution in [0.25, 0.3) is 10.9 Å². The molecular formula is C16H21N3O3. The summed E-state index contributed by atoms with van der Waals surface area (Å²) in [5.74, 6) is 0.615. The fraction of sp³-hybridized carbons (Fsp3) is 0.500. The van der Waals surface area contributed by atoms with Crippen molar-refractivity contribution in [3.05, 3.63) is 39.0 Å². The molecule has 1 aliphatic heterocycles. The highest BCUT2D eigenvalue weighted by atomic mass is 16.5. The number of aromatic amines is 1. The van der Waals surface area contributed by atoms with Crippen LogP contribution in [0.5, 0.6) is 5.75 Å². The molecule has 0 aliphatic carbocycles. The van der Waals surface area contributed by atoms with E-state index in [-0.39, 0.29) is 17.3 Å². The van der Waals surface area contributed by atoms with Gasteiger partial charge in [0.1, 0.15) is 5.75 Å². The predicted octanol–water partition coefficient (Wildman–Crippen LogP) is 1.36. The number of nitrogens with zero attached hydrogens (tertiary/aromatic N) is 2. The molecule has 1 N–H and O–H groups in total. The Kier molecular flexibility index (Phi) is 4.02. The van der Waals surface area contributed by atoms with Gasteiger partial charge in [0, 0.05) is 19.1 Å². The summed E-state index contributed by atoms with van der Waals surface area (Å²) < 4.78 is 6.56. The topological polar surface area (TPSA) is 67.3 Å². The third-order valence-corrected chi connectivity index (χ3v) is 4.51. The molecule has 0 bridgehead atoms. The molecule has 0 spiro atoms. The quantitative estimate of drug-likeness (QED) is 0.929. The average Bonchev–Trinajstić information content (AvgIpc) is 2.55. The Labute approximate surface area is 128 Å². The minimum Gasteiger partial charge on any atom is -0.497 e. The van der Waals surface area contributed by atoms with E-state index in [0.717, 1.165) is 32.5 Å². The largest absolute Gasteiger partial charge is 0.497 e. The second-order valence-electron chi connectivity index (χ2n) is 5.68. The van der Waals surface area contributed by atoms with Crippen LogP contribution in [0.15, 0.2) is 27.8 Å². The third-order valence-electron chi connectivity index (χ3n) is 4.51. The molecule has 2 aromatic rings. The average molecular weight is 303 g/mol. The number of hydrogen-bond donors (Lipinski definition) is 1. The number of nitrogens with one attached hydrogen (secondary N) is 1. The lowest BCUT2D eigenvalue weighted by molar-refractivity contribution is 0.190. The molecule has 2 heterocycles. The van der Waals surface area contributed by atoms with Gasteiger partial charge in [-0.2, -0.15) is 0 Å². The molecule has 1 aromatic carbocycles. The first-order valence-corrected chi connectivity index (χ1v) is 7.69. The van der Waals surface area contributed by atoms with Gasteiger partial charge in [-0.3, -0.25) is 9.36 Å². The van der Waals surface area contributed by atoms with Gasteiger partial charge in [-0.05, 0) is 37.6 Å². The zero-order valence-electron chi connectivity index (χ0n) is 13.0. The molecule has 1 aromatic heterocycles. The lowest BCUT2D eigenvalue weighted by Gasteiger charge is -2.31. The zero-order chi connectivity index (χ0) is 15.7. The van der Waals surface area contributed by atoms with Crippen molar-refractivity contribution < 1.29 is 4.74 Å². The van der Waals surface area contributed by atoms with Gasteiger partial charge >= 0.3 is 5.69 Å². The van der Waals surface area contributed by atoms with E-state index >= 15 is 0 Å². The predicted molar refractivity (Wildman–Crippen MR) is 85.8 cm³/mol. The van der Waals surface area contributed by atoms with Crippen molar-refractivity contribution in [3.63, 3.8) is 0 Å². The number of methoxy groups -OCH3 is 1. The summed E-state index contributed by atoms with van der Waals surface area (Å²) in [7, 11) is 1.56. The standard InChI is InChI=1S/C16H21N3O3/c1-3-18-8-6-11(7-9-18)19-15(20)13-10-12(22-2)4-5-14(13)17-16(19)21/h4-5,10-11H,3,6-9H2,1-2H3,(H,17,21). The SMILES string of the molecule is CCN1CCC(n2c(=O)[nH]c3ccc(OC)cc3c2=O)CC1. The third kappa shape index (κ3) is 2.54. The molecule has 3 rings (SSSR count). The fourth-order valence-electron chi connectivity index (χ4n) is 3.16. The molecule has 0 saturated carbocycles. The number of ether oxygens (including phenoxy) is 1. The summed E-state index contributed by atoms with van der Waals surface area (Å²) >= 11 is 0. The monoisotopic (exact) mass is 303 g/mol. The molecule has 1 saturated heterocycles. The number of hydrogen-bond acceptors (Lipinski definition) is 4. The molecule has 0 radical (unpaired) electrons.